The van der Waals surface area contributed by atoms with Gasteiger partial charge in [-0.2, -0.15) is 0 Å². The third-order valence-corrected chi connectivity index (χ3v) is 3.77. The first kappa shape index (κ1) is 15.3. The summed E-state index contributed by atoms with van der Waals surface area (Å²) in [7, 11) is 1.38. The van der Waals surface area contributed by atoms with E-state index in [9.17, 15) is 4.79 Å². The van der Waals surface area contributed by atoms with Gasteiger partial charge < -0.3 is 9.30 Å². The van der Waals surface area contributed by atoms with E-state index in [4.69, 9.17) is 16.3 Å². The van der Waals surface area contributed by atoms with Crippen LogP contribution in [0.5, 0.6) is 0 Å². The van der Waals surface area contributed by atoms with Crippen molar-refractivity contribution >= 4 is 17.6 Å². The molecular weight excluding hydrogens is 312 g/mol. The third-order valence-electron chi connectivity index (χ3n) is 3.52. The Hall–Kier alpha value is -2.59. The highest BCUT2D eigenvalue weighted by Gasteiger charge is 2.09. The fourth-order valence-electron chi connectivity index (χ4n) is 2.41. The van der Waals surface area contributed by atoms with Gasteiger partial charge in [0, 0.05) is 29.5 Å². The minimum atomic E-state index is -0.338. The summed E-state index contributed by atoms with van der Waals surface area (Å²) in [6.45, 7) is 0.614. The molecular formula is C18H15ClN2O2. The maximum absolute atomic E-state index is 11.6. The Morgan fingerprint density at radius 3 is 2.74 bits per heavy atom. The van der Waals surface area contributed by atoms with Crippen LogP contribution in [0.15, 0.2) is 60.9 Å². The number of methoxy groups -OCH3 is 1. The molecule has 0 spiro atoms. The van der Waals surface area contributed by atoms with E-state index < -0.39 is 0 Å². The topological polar surface area (TPSA) is 44.1 Å². The summed E-state index contributed by atoms with van der Waals surface area (Å²) in [4.78, 5) is 16.0. The van der Waals surface area contributed by atoms with E-state index in [1.165, 1.54) is 7.11 Å². The Labute approximate surface area is 139 Å². The van der Waals surface area contributed by atoms with Crippen molar-refractivity contribution in [3.63, 3.8) is 0 Å². The highest BCUT2D eigenvalue weighted by atomic mass is 35.5. The Balaban J connectivity index is 1.89. The second-order valence-electron chi connectivity index (χ2n) is 5.08. The SMILES string of the molecule is COC(=O)c1cccc(Cn2ccnc2-c2ccc(Cl)cc2)c1. The maximum Gasteiger partial charge on any atom is 0.337 e. The number of esters is 1. The molecule has 0 saturated heterocycles. The van der Waals surface area contributed by atoms with E-state index in [2.05, 4.69) is 4.98 Å². The summed E-state index contributed by atoms with van der Waals surface area (Å²) in [5, 5.41) is 0.692. The largest absolute Gasteiger partial charge is 0.465 e. The molecule has 1 aromatic heterocycles. The van der Waals surface area contributed by atoms with Crippen LogP contribution in [0.3, 0.4) is 0 Å². The predicted molar refractivity (Wildman–Crippen MR) is 89.6 cm³/mol. The minimum absolute atomic E-state index is 0.338. The molecule has 0 aliphatic heterocycles. The van der Waals surface area contributed by atoms with Crippen LogP contribution in [-0.2, 0) is 11.3 Å². The van der Waals surface area contributed by atoms with Crippen molar-refractivity contribution in [2.24, 2.45) is 0 Å². The second-order valence-corrected chi connectivity index (χ2v) is 5.51. The lowest BCUT2D eigenvalue weighted by Crippen LogP contribution is -2.05. The first-order valence-electron chi connectivity index (χ1n) is 7.11. The highest BCUT2D eigenvalue weighted by Crippen LogP contribution is 2.21. The van der Waals surface area contributed by atoms with E-state index >= 15 is 0 Å². The van der Waals surface area contributed by atoms with Gasteiger partial charge in [0.2, 0.25) is 0 Å². The number of halogens is 1. The summed E-state index contributed by atoms with van der Waals surface area (Å²) < 4.78 is 6.79. The normalized spacial score (nSPS) is 10.5. The molecule has 0 unspecified atom stereocenters. The molecule has 0 saturated carbocycles. The number of hydrogen-bond donors (Lipinski definition) is 0. The van der Waals surface area contributed by atoms with Gasteiger partial charge >= 0.3 is 5.97 Å². The van der Waals surface area contributed by atoms with Crippen LogP contribution in [0.2, 0.25) is 5.02 Å². The number of imidazole rings is 1. The van der Waals surface area contributed by atoms with E-state index in [0.29, 0.717) is 17.1 Å². The van der Waals surface area contributed by atoms with E-state index in [1.807, 2.05) is 53.2 Å². The number of aromatic nitrogens is 2. The zero-order valence-corrected chi connectivity index (χ0v) is 13.3. The molecule has 2 aromatic carbocycles. The molecule has 0 N–H and O–H groups in total. The molecule has 0 fully saturated rings. The number of ether oxygens (including phenoxy) is 1. The van der Waals surface area contributed by atoms with Crippen molar-refractivity contribution in [2.75, 3.05) is 7.11 Å². The number of hydrogen-bond acceptors (Lipinski definition) is 3. The van der Waals surface area contributed by atoms with Gasteiger partial charge in [-0.1, -0.05) is 23.7 Å². The lowest BCUT2D eigenvalue weighted by molar-refractivity contribution is 0.0600. The third kappa shape index (κ3) is 3.43. The molecule has 0 radical (unpaired) electrons. The predicted octanol–water partition coefficient (Wildman–Crippen LogP) is 4.04. The molecule has 0 aliphatic rings. The molecule has 0 bridgehead atoms. The maximum atomic E-state index is 11.6. The van der Waals surface area contributed by atoms with Gasteiger partial charge in [0.15, 0.2) is 0 Å². The van der Waals surface area contributed by atoms with Crippen molar-refractivity contribution in [3.8, 4) is 11.4 Å². The second kappa shape index (κ2) is 6.67. The quantitative estimate of drug-likeness (QED) is 0.680. The van der Waals surface area contributed by atoms with Crippen LogP contribution in [0.25, 0.3) is 11.4 Å². The molecule has 1 heterocycles. The number of carbonyl (C=O) groups is 1. The summed E-state index contributed by atoms with van der Waals surface area (Å²) in [5.41, 5.74) is 2.53. The van der Waals surface area contributed by atoms with Crippen molar-refractivity contribution in [1.29, 1.82) is 0 Å². The Morgan fingerprint density at radius 2 is 2.00 bits per heavy atom. The Morgan fingerprint density at radius 1 is 1.22 bits per heavy atom. The van der Waals surface area contributed by atoms with Gasteiger partial charge in [-0.25, -0.2) is 9.78 Å². The van der Waals surface area contributed by atoms with E-state index in [0.717, 1.165) is 17.0 Å². The van der Waals surface area contributed by atoms with Crippen molar-refractivity contribution in [1.82, 2.24) is 9.55 Å². The highest BCUT2D eigenvalue weighted by molar-refractivity contribution is 6.30. The van der Waals surface area contributed by atoms with Crippen molar-refractivity contribution in [2.45, 2.75) is 6.54 Å². The molecule has 0 atom stereocenters. The van der Waals surface area contributed by atoms with Crippen molar-refractivity contribution < 1.29 is 9.53 Å². The Kier molecular flexibility index (Phi) is 4.44. The van der Waals surface area contributed by atoms with Crippen LogP contribution in [0.4, 0.5) is 0 Å². The molecule has 4 nitrogen and oxygen atoms in total. The zero-order valence-electron chi connectivity index (χ0n) is 12.6. The van der Waals surface area contributed by atoms with E-state index in [-0.39, 0.29) is 5.97 Å². The molecule has 116 valence electrons. The van der Waals surface area contributed by atoms with Crippen LogP contribution >= 0.6 is 11.6 Å². The smallest absolute Gasteiger partial charge is 0.337 e. The molecule has 5 heteroatoms. The summed E-state index contributed by atoms with van der Waals surface area (Å²) in [6, 6.07) is 14.9. The van der Waals surface area contributed by atoms with Crippen LogP contribution in [-0.4, -0.2) is 22.6 Å². The van der Waals surface area contributed by atoms with Gasteiger partial charge in [-0.05, 0) is 42.0 Å². The van der Waals surface area contributed by atoms with Gasteiger partial charge in [0.05, 0.1) is 12.7 Å². The fraction of sp³-hybridized carbons (Fsp3) is 0.111. The number of rotatable bonds is 4. The molecule has 3 rings (SSSR count). The molecule has 23 heavy (non-hydrogen) atoms. The number of benzene rings is 2. The van der Waals surface area contributed by atoms with Gasteiger partial charge in [-0.15, -0.1) is 0 Å². The van der Waals surface area contributed by atoms with Gasteiger partial charge in [0.25, 0.3) is 0 Å². The lowest BCUT2D eigenvalue weighted by atomic mass is 10.1. The average molecular weight is 327 g/mol. The van der Waals surface area contributed by atoms with E-state index in [1.54, 1.807) is 12.3 Å². The van der Waals surface area contributed by atoms with Gasteiger partial charge in [0.1, 0.15) is 5.82 Å². The minimum Gasteiger partial charge on any atom is -0.465 e. The summed E-state index contributed by atoms with van der Waals surface area (Å²) >= 11 is 5.93. The Bertz CT molecular complexity index is 825. The standard InChI is InChI=1S/C18H15ClN2O2/c1-23-18(22)15-4-2-3-13(11-15)12-21-10-9-20-17(21)14-5-7-16(19)8-6-14/h2-11H,12H2,1H3. The fourth-order valence-corrected chi connectivity index (χ4v) is 2.53. The van der Waals surface area contributed by atoms with Crippen LogP contribution < -0.4 is 0 Å². The van der Waals surface area contributed by atoms with Gasteiger partial charge in [-0.3, -0.25) is 0 Å². The van der Waals surface area contributed by atoms with Crippen LogP contribution in [0, 0.1) is 0 Å². The molecule has 0 aliphatic carbocycles. The number of carbonyl (C=O) groups excluding carboxylic acids is 1. The lowest BCUT2D eigenvalue weighted by Gasteiger charge is -2.09. The van der Waals surface area contributed by atoms with Crippen molar-refractivity contribution in [3.05, 3.63) is 77.1 Å². The number of nitrogens with zero attached hydrogens (tertiary/aromatic N) is 2. The summed E-state index contributed by atoms with van der Waals surface area (Å²) in [5.74, 6) is 0.514. The van der Waals surface area contributed by atoms with Crippen LogP contribution in [0.1, 0.15) is 15.9 Å². The zero-order chi connectivity index (χ0) is 16.2. The average Bonchev–Trinajstić information content (AvgIpc) is 3.03. The summed E-state index contributed by atoms with van der Waals surface area (Å²) in [6.07, 6.45) is 3.67. The first-order valence-corrected chi connectivity index (χ1v) is 7.49. The first-order chi connectivity index (χ1) is 11.2. The molecule has 0 amide bonds. The molecule has 3 aromatic rings. The monoisotopic (exact) mass is 326 g/mol.